The Morgan fingerprint density at radius 1 is 1.14 bits per heavy atom. The van der Waals surface area contributed by atoms with Crippen molar-refractivity contribution in [1.29, 1.82) is 0 Å². The van der Waals surface area contributed by atoms with E-state index in [4.69, 9.17) is 4.74 Å². The van der Waals surface area contributed by atoms with E-state index in [0.29, 0.717) is 6.07 Å². The van der Waals surface area contributed by atoms with Gasteiger partial charge in [-0.2, -0.15) is 0 Å². The van der Waals surface area contributed by atoms with E-state index in [1.54, 1.807) is 0 Å². The molecule has 9 heteroatoms. The molecule has 0 radical (unpaired) electrons. The van der Waals surface area contributed by atoms with Crippen LogP contribution in [0.4, 0.5) is 14.5 Å². The summed E-state index contributed by atoms with van der Waals surface area (Å²) in [5.41, 5.74) is -0.811. The number of sulfone groups is 1. The van der Waals surface area contributed by atoms with Gasteiger partial charge in [-0.25, -0.2) is 17.2 Å². The van der Waals surface area contributed by atoms with E-state index in [1.165, 1.54) is 6.07 Å². The number of ether oxygens (including phenoxy) is 1. The van der Waals surface area contributed by atoms with Gasteiger partial charge < -0.3 is 4.74 Å². The quantitative estimate of drug-likeness (QED) is 0.635. The monoisotopic (exact) mass is 329 g/mol. The van der Waals surface area contributed by atoms with E-state index in [-0.39, 0.29) is 0 Å². The summed E-state index contributed by atoms with van der Waals surface area (Å²) in [7, 11) is -3.89. The fraction of sp³-hybridized carbons (Fsp3) is 0.0769. The standard InChI is InChI=1S/C13H9F2NO5S/c1-22(19,20)12-4-2-3-11(13(12)16(17)18)21-10-6-5-8(14)7-9(10)15/h2-7H,1H3. The van der Waals surface area contributed by atoms with Gasteiger partial charge in [-0.15, -0.1) is 0 Å². The first-order chi connectivity index (χ1) is 10.2. The van der Waals surface area contributed by atoms with E-state index in [2.05, 4.69) is 0 Å². The molecule has 0 aliphatic rings. The van der Waals surface area contributed by atoms with Gasteiger partial charge in [0.1, 0.15) is 10.7 Å². The first kappa shape index (κ1) is 15.8. The van der Waals surface area contributed by atoms with Crippen molar-refractivity contribution < 1.29 is 26.9 Å². The number of nitrogens with zero attached hydrogens (tertiary/aromatic N) is 1. The molecule has 2 aromatic rings. The molecule has 0 saturated carbocycles. The number of halogens is 2. The van der Waals surface area contributed by atoms with E-state index in [1.807, 2.05) is 0 Å². The molecule has 0 N–H and O–H groups in total. The SMILES string of the molecule is CS(=O)(=O)c1cccc(Oc2ccc(F)cc2F)c1[N+](=O)[O-]. The highest BCUT2D eigenvalue weighted by atomic mass is 32.2. The van der Waals surface area contributed by atoms with Crippen molar-refractivity contribution in [2.75, 3.05) is 6.26 Å². The van der Waals surface area contributed by atoms with Gasteiger partial charge in [-0.1, -0.05) is 6.07 Å². The summed E-state index contributed by atoms with van der Waals surface area (Å²) in [6.45, 7) is 0. The molecule has 2 rings (SSSR count). The fourth-order valence-corrected chi connectivity index (χ4v) is 2.59. The van der Waals surface area contributed by atoms with Crippen LogP contribution in [-0.2, 0) is 9.84 Å². The minimum absolute atomic E-state index is 0.460. The summed E-state index contributed by atoms with van der Waals surface area (Å²) in [6, 6.07) is 5.78. The zero-order chi connectivity index (χ0) is 16.5. The van der Waals surface area contributed by atoms with Gasteiger partial charge >= 0.3 is 5.69 Å². The Balaban J connectivity index is 2.59. The first-order valence-corrected chi connectivity index (χ1v) is 7.69. The molecule has 0 fully saturated rings. The Labute approximate surface area is 124 Å². The van der Waals surface area contributed by atoms with Crippen LogP contribution in [0.1, 0.15) is 0 Å². The summed E-state index contributed by atoms with van der Waals surface area (Å²) in [4.78, 5) is 9.63. The van der Waals surface area contributed by atoms with Gasteiger partial charge in [0.25, 0.3) is 0 Å². The summed E-state index contributed by atoms with van der Waals surface area (Å²) >= 11 is 0. The highest BCUT2D eigenvalue weighted by Crippen LogP contribution is 2.37. The van der Waals surface area contributed by atoms with Crippen LogP contribution in [0.3, 0.4) is 0 Å². The van der Waals surface area contributed by atoms with Gasteiger partial charge in [-0.05, 0) is 24.3 Å². The predicted molar refractivity (Wildman–Crippen MR) is 72.6 cm³/mol. The van der Waals surface area contributed by atoms with Gasteiger partial charge in [0.05, 0.1) is 4.92 Å². The van der Waals surface area contributed by atoms with Gasteiger partial charge in [-0.3, -0.25) is 10.1 Å². The minimum Gasteiger partial charge on any atom is -0.447 e. The van der Waals surface area contributed by atoms with Crippen LogP contribution in [0.15, 0.2) is 41.3 Å². The number of benzene rings is 2. The Bertz CT molecular complexity index is 852. The highest BCUT2D eigenvalue weighted by molar-refractivity contribution is 7.90. The van der Waals surface area contributed by atoms with Crippen molar-refractivity contribution in [2.24, 2.45) is 0 Å². The molecule has 0 spiro atoms. The second-order valence-corrected chi connectivity index (χ2v) is 6.29. The molecule has 0 atom stereocenters. The lowest BCUT2D eigenvalue weighted by Gasteiger charge is -2.09. The molecule has 0 aliphatic heterocycles. The van der Waals surface area contributed by atoms with Crippen LogP contribution in [0.2, 0.25) is 0 Å². The molecular weight excluding hydrogens is 320 g/mol. The van der Waals surface area contributed by atoms with Crippen LogP contribution >= 0.6 is 0 Å². The molecule has 2 aromatic carbocycles. The molecule has 0 heterocycles. The third kappa shape index (κ3) is 3.19. The van der Waals surface area contributed by atoms with E-state index >= 15 is 0 Å². The maximum Gasteiger partial charge on any atom is 0.330 e. The average molecular weight is 329 g/mol. The van der Waals surface area contributed by atoms with Gasteiger partial charge in [0.2, 0.25) is 5.75 Å². The third-order valence-corrected chi connectivity index (χ3v) is 3.79. The summed E-state index contributed by atoms with van der Waals surface area (Å²) < 4.78 is 54.6. The molecule has 116 valence electrons. The van der Waals surface area contributed by atoms with Crippen LogP contribution in [0.25, 0.3) is 0 Å². The average Bonchev–Trinajstić information content (AvgIpc) is 2.40. The van der Waals surface area contributed by atoms with Crippen LogP contribution in [0, 0.1) is 21.7 Å². The highest BCUT2D eigenvalue weighted by Gasteiger charge is 2.28. The van der Waals surface area contributed by atoms with E-state index in [9.17, 15) is 27.3 Å². The van der Waals surface area contributed by atoms with Crippen molar-refractivity contribution in [3.8, 4) is 11.5 Å². The second kappa shape index (κ2) is 5.68. The summed E-state index contributed by atoms with van der Waals surface area (Å²) in [6.07, 6.45) is 0.803. The number of para-hydroxylation sites is 1. The Kier molecular flexibility index (Phi) is 4.09. The molecular formula is C13H9F2NO5S. The molecule has 0 aromatic heterocycles. The lowest BCUT2D eigenvalue weighted by molar-refractivity contribution is -0.388. The fourth-order valence-electron chi connectivity index (χ4n) is 1.74. The van der Waals surface area contributed by atoms with Crippen molar-refractivity contribution in [3.63, 3.8) is 0 Å². The molecule has 0 aliphatic carbocycles. The van der Waals surface area contributed by atoms with Gasteiger partial charge in [0, 0.05) is 12.3 Å². The topological polar surface area (TPSA) is 86.5 Å². The molecule has 0 saturated heterocycles. The molecule has 0 amide bonds. The normalized spacial score (nSPS) is 11.2. The zero-order valence-electron chi connectivity index (χ0n) is 11.1. The van der Waals surface area contributed by atoms with E-state index < -0.39 is 48.5 Å². The maximum absolute atomic E-state index is 13.6. The third-order valence-electron chi connectivity index (χ3n) is 2.66. The minimum atomic E-state index is -3.89. The number of nitro benzene ring substituents is 1. The lowest BCUT2D eigenvalue weighted by Crippen LogP contribution is -2.04. The van der Waals surface area contributed by atoms with E-state index in [0.717, 1.165) is 30.5 Å². The lowest BCUT2D eigenvalue weighted by atomic mass is 10.3. The maximum atomic E-state index is 13.6. The molecule has 0 unspecified atom stereocenters. The van der Waals surface area contributed by atoms with Gasteiger partial charge in [0.15, 0.2) is 21.4 Å². The largest absolute Gasteiger partial charge is 0.447 e. The number of hydrogen-bond donors (Lipinski definition) is 0. The number of nitro groups is 1. The second-order valence-electron chi connectivity index (χ2n) is 4.31. The predicted octanol–water partition coefficient (Wildman–Crippen LogP) is 3.07. The number of rotatable bonds is 4. The van der Waals surface area contributed by atoms with Crippen LogP contribution in [-0.4, -0.2) is 19.6 Å². The van der Waals surface area contributed by atoms with Crippen molar-refractivity contribution in [1.82, 2.24) is 0 Å². The van der Waals surface area contributed by atoms with Crippen LogP contribution < -0.4 is 4.74 Å². The Morgan fingerprint density at radius 3 is 2.36 bits per heavy atom. The smallest absolute Gasteiger partial charge is 0.330 e. The Hall–Kier alpha value is -2.55. The molecule has 0 bridgehead atoms. The molecule has 6 nitrogen and oxygen atoms in total. The van der Waals surface area contributed by atoms with Crippen LogP contribution in [0.5, 0.6) is 11.5 Å². The summed E-state index contributed by atoms with van der Waals surface area (Å²) in [5.74, 6) is -2.84. The first-order valence-electron chi connectivity index (χ1n) is 5.80. The van der Waals surface area contributed by atoms with Crippen molar-refractivity contribution >= 4 is 15.5 Å². The number of hydrogen-bond acceptors (Lipinski definition) is 5. The Morgan fingerprint density at radius 2 is 1.82 bits per heavy atom. The molecule has 22 heavy (non-hydrogen) atoms. The van der Waals surface area contributed by atoms with Crippen molar-refractivity contribution in [2.45, 2.75) is 4.90 Å². The van der Waals surface area contributed by atoms with Crippen molar-refractivity contribution in [3.05, 3.63) is 58.1 Å². The summed E-state index contributed by atoms with van der Waals surface area (Å²) in [5, 5.41) is 11.1. The zero-order valence-corrected chi connectivity index (χ0v) is 11.9.